The summed E-state index contributed by atoms with van der Waals surface area (Å²) in [7, 11) is -3.11. The largest absolute Gasteiger partial charge is 0.391 e. The average Bonchev–Trinajstić information content (AvgIpc) is 2.29. The fourth-order valence-corrected chi connectivity index (χ4v) is 4.31. The molecular weight excluding hydrogens is 238 g/mol. The van der Waals surface area contributed by atoms with Crippen molar-refractivity contribution in [1.82, 2.24) is 4.98 Å². The molecule has 0 aromatic carbocycles. The van der Waals surface area contributed by atoms with Crippen LogP contribution in [-0.2, 0) is 16.3 Å². The highest BCUT2D eigenvalue weighted by atomic mass is 32.2. The molecule has 0 bridgehead atoms. The quantitative estimate of drug-likeness (QED) is 0.873. The maximum absolute atomic E-state index is 11.8. The van der Waals surface area contributed by atoms with Gasteiger partial charge in [0.1, 0.15) is 0 Å². The second kappa shape index (κ2) is 5.14. The molecule has 2 heterocycles. The Kier molecular flexibility index (Phi) is 3.79. The average molecular weight is 255 g/mol. The number of sulfone groups is 1. The molecule has 2 unspecified atom stereocenters. The Bertz CT molecular complexity index is 458. The smallest absolute Gasteiger partial charge is 0.155 e. The van der Waals surface area contributed by atoms with Crippen molar-refractivity contribution in [3.05, 3.63) is 30.1 Å². The molecule has 2 atom stereocenters. The molecule has 94 valence electrons. The molecule has 1 N–H and O–H groups in total. The first kappa shape index (κ1) is 12.5. The van der Waals surface area contributed by atoms with Crippen LogP contribution in [0.2, 0.25) is 0 Å². The van der Waals surface area contributed by atoms with Gasteiger partial charge in [-0.05, 0) is 37.0 Å². The molecule has 0 radical (unpaired) electrons. The lowest BCUT2D eigenvalue weighted by Gasteiger charge is -2.26. The Balaban J connectivity index is 2.07. The molecule has 17 heavy (non-hydrogen) atoms. The van der Waals surface area contributed by atoms with E-state index < -0.39 is 21.2 Å². The van der Waals surface area contributed by atoms with Crippen LogP contribution in [0.3, 0.4) is 0 Å². The number of hydrogen-bond donors (Lipinski definition) is 1. The highest BCUT2D eigenvalue weighted by molar-refractivity contribution is 7.92. The number of pyridine rings is 1. The van der Waals surface area contributed by atoms with Gasteiger partial charge in [0.15, 0.2) is 9.84 Å². The van der Waals surface area contributed by atoms with Crippen molar-refractivity contribution in [2.45, 2.75) is 37.0 Å². The first-order chi connectivity index (χ1) is 8.09. The Morgan fingerprint density at radius 1 is 1.35 bits per heavy atom. The Morgan fingerprint density at radius 3 is 2.71 bits per heavy atom. The number of aliphatic hydroxyl groups is 1. The Morgan fingerprint density at radius 2 is 2.06 bits per heavy atom. The number of nitrogens with zero attached hydrogens (tertiary/aromatic N) is 1. The van der Waals surface area contributed by atoms with Crippen LogP contribution >= 0.6 is 0 Å². The minimum atomic E-state index is -3.11. The molecule has 2 rings (SSSR count). The van der Waals surface area contributed by atoms with Gasteiger partial charge in [0.2, 0.25) is 0 Å². The third kappa shape index (κ3) is 3.04. The zero-order valence-corrected chi connectivity index (χ0v) is 10.4. The van der Waals surface area contributed by atoms with Gasteiger partial charge in [0, 0.05) is 12.4 Å². The number of aromatic nitrogens is 1. The van der Waals surface area contributed by atoms with Gasteiger partial charge in [-0.15, -0.1) is 0 Å². The zero-order valence-electron chi connectivity index (χ0n) is 9.62. The predicted octanol–water partition coefficient (Wildman–Crippen LogP) is 0.952. The lowest BCUT2D eigenvalue weighted by molar-refractivity contribution is 0.162. The maximum atomic E-state index is 11.8. The number of hydrogen-bond acceptors (Lipinski definition) is 4. The van der Waals surface area contributed by atoms with E-state index in [-0.39, 0.29) is 5.75 Å². The molecule has 1 fully saturated rings. The van der Waals surface area contributed by atoms with Crippen molar-refractivity contribution in [1.29, 1.82) is 0 Å². The molecule has 5 heteroatoms. The molecule has 1 aromatic heterocycles. The van der Waals surface area contributed by atoms with Gasteiger partial charge >= 0.3 is 0 Å². The van der Waals surface area contributed by atoms with E-state index in [9.17, 15) is 13.5 Å². The predicted molar refractivity (Wildman–Crippen MR) is 65.4 cm³/mol. The van der Waals surface area contributed by atoms with Gasteiger partial charge in [-0.25, -0.2) is 8.42 Å². The lowest BCUT2D eigenvalue weighted by atomic mass is 10.0. The molecule has 0 spiro atoms. The molecule has 1 aliphatic rings. The summed E-state index contributed by atoms with van der Waals surface area (Å²) in [6.07, 6.45) is 5.07. The van der Waals surface area contributed by atoms with Gasteiger partial charge in [0.05, 0.1) is 17.1 Å². The molecule has 1 aromatic rings. The van der Waals surface area contributed by atoms with Crippen molar-refractivity contribution >= 4 is 9.84 Å². The van der Waals surface area contributed by atoms with Crippen LogP contribution in [0.5, 0.6) is 0 Å². The SMILES string of the molecule is O=S1(=O)CCCCC1C(O)Cc1ccncc1. The van der Waals surface area contributed by atoms with Crippen LogP contribution in [-0.4, -0.2) is 35.6 Å². The van der Waals surface area contributed by atoms with Crippen molar-refractivity contribution in [2.24, 2.45) is 0 Å². The van der Waals surface area contributed by atoms with Gasteiger partial charge in [-0.1, -0.05) is 6.42 Å². The zero-order chi connectivity index (χ0) is 12.3. The van der Waals surface area contributed by atoms with E-state index >= 15 is 0 Å². The summed E-state index contributed by atoms with van der Waals surface area (Å²) in [5.74, 6) is 0.213. The summed E-state index contributed by atoms with van der Waals surface area (Å²) in [6, 6.07) is 3.61. The van der Waals surface area contributed by atoms with Gasteiger partial charge in [-0.2, -0.15) is 0 Å². The fourth-order valence-electron chi connectivity index (χ4n) is 2.30. The van der Waals surface area contributed by atoms with E-state index in [1.54, 1.807) is 24.5 Å². The van der Waals surface area contributed by atoms with Gasteiger partial charge < -0.3 is 5.11 Å². The first-order valence-corrected chi connectivity index (χ1v) is 7.60. The third-order valence-electron chi connectivity index (χ3n) is 3.25. The van der Waals surface area contributed by atoms with Crippen molar-refractivity contribution < 1.29 is 13.5 Å². The van der Waals surface area contributed by atoms with Crippen LogP contribution in [0.25, 0.3) is 0 Å². The van der Waals surface area contributed by atoms with E-state index in [1.807, 2.05) is 0 Å². The topological polar surface area (TPSA) is 67.3 Å². The number of rotatable bonds is 3. The fraction of sp³-hybridized carbons (Fsp3) is 0.583. The standard InChI is InChI=1S/C12H17NO3S/c14-11(9-10-4-6-13-7-5-10)12-3-1-2-8-17(12,15)16/h4-7,11-12,14H,1-3,8-9H2. The van der Waals surface area contributed by atoms with E-state index in [0.29, 0.717) is 12.8 Å². The summed E-state index contributed by atoms with van der Waals surface area (Å²) in [5.41, 5.74) is 0.924. The summed E-state index contributed by atoms with van der Waals surface area (Å²) in [6.45, 7) is 0. The van der Waals surface area contributed by atoms with E-state index in [0.717, 1.165) is 18.4 Å². The van der Waals surface area contributed by atoms with E-state index in [4.69, 9.17) is 0 Å². The first-order valence-electron chi connectivity index (χ1n) is 5.88. The van der Waals surface area contributed by atoms with E-state index in [1.165, 1.54) is 0 Å². The van der Waals surface area contributed by atoms with Crippen molar-refractivity contribution in [2.75, 3.05) is 5.75 Å². The highest BCUT2D eigenvalue weighted by Crippen LogP contribution is 2.23. The van der Waals surface area contributed by atoms with Crippen LogP contribution in [0, 0.1) is 0 Å². The van der Waals surface area contributed by atoms with Crippen LogP contribution in [0.1, 0.15) is 24.8 Å². The molecule has 1 aliphatic heterocycles. The molecule has 0 saturated carbocycles. The maximum Gasteiger partial charge on any atom is 0.155 e. The monoisotopic (exact) mass is 255 g/mol. The van der Waals surface area contributed by atoms with E-state index in [2.05, 4.69) is 4.98 Å². The van der Waals surface area contributed by atoms with Crippen LogP contribution in [0.15, 0.2) is 24.5 Å². The summed E-state index contributed by atoms with van der Waals surface area (Å²) in [4.78, 5) is 3.89. The molecule has 0 aliphatic carbocycles. The third-order valence-corrected chi connectivity index (χ3v) is 5.58. The second-order valence-corrected chi connectivity index (χ2v) is 6.87. The van der Waals surface area contributed by atoms with Crippen LogP contribution < -0.4 is 0 Å². The Hall–Kier alpha value is -0.940. The highest BCUT2D eigenvalue weighted by Gasteiger charge is 2.34. The lowest BCUT2D eigenvalue weighted by Crippen LogP contribution is -2.39. The van der Waals surface area contributed by atoms with Crippen molar-refractivity contribution in [3.63, 3.8) is 0 Å². The molecule has 1 saturated heterocycles. The van der Waals surface area contributed by atoms with Gasteiger partial charge in [-0.3, -0.25) is 4.98 Å². The normalized spacial score (nSPS) is 25.4. The van der Waals surface area contributed by atoms with Gasteiger partial charge in [0.25, 0.3) is 0 Å². The van der Waals surface area contributed by atoms with Crippen LogP contribution in [0.4, 0.5) is 0 Å². The molecule has 4 nitrogen and oxygen atoms in total. The summed E-state index contributed by atoms with van der Waals surface area (Å²) >= 11 is 0. The second-order valence-electron chi connectivity index (χ2n) is 4.53. The molecular formula is C12H17NO3S. The summed E-state index contributed by atoms with van der Waals surface area (Å²) < 4.78 is 23.7. The minimum Gasteiger partial charge on any atom is -0.391 e. The number of aliphatic hydroxyl groups excluding tert-OH is 1. The van der Waals surface area contributed by atoms with Crippen molar-refractivity contribution in [3.8, 4) is 0 Å². The summed E-state index contributed by atoms with van der Waals surface area (Å²) in [5, 5.41) is 9.47. The Labute approximate surface area is 102 Å². The minimum absolute atomic E-state index is 0.213. The molecule has 0 amide bonds.